The highest BCUT2D eigenvalue weighted by molar-refractivity contribution is 7.17. The third-order valence-corrected chi connectivity index (χ3v) is 6.48. The largest absolute Gasteiger partial charge is 0.397 e. The van der Waals surface area contributed by atoms with Crippen molar-refractivity contribution in [1.82, 2.24) is 15.0 Å². The zero-order valence-electron chi connectivity index (χ0n) is 17.9. The summed E-state index contributed by atoms with van der Waals surface area (Å²) in [7, 11) is 0. The number of thiophene rings is 1. The Morgan fingerprint density at radius 3 is 2.69 bits per heavy atom. The molecule has 5 rings (SSSR count). The molecule has 1 fully saturated rings. The molecule has 8 heteroatoms. The molecular formula is C24H25N7S. The summed E-state index contributed by atoms with van der Waals surface area (Å²) in [5.74, 6) is 2.34. The van der Waals surface area contributed by atoms with E-state index in [1.54, 1.807) is 17.5 Å². The maximum Gasteiger partial charge on any atom is 0.225 e. The zero-order chi connectivity index (χ0) is 22.1. The topological polar surface area (TPSA) is 92.0 Å². The van der Waals surface area contributed by atoms with Gasteiger partial charge in [-0.2, -0.15) is 4.98 Å². The monoisotopic (exact) mass is 443 g/mol. The van der Waals surface area contributed by atoms with Crippen molar-refractivity contribution in [3.05, 3.63) is 71.9 Å². The molecule has 1 unspecified atom stereocenters. The summed E-state index contributed by atoms with van der Waals surface area (Å²) in [4.78, 5) is 16.1. The summed E-state index contributed by atoms with van der Waals surface area (Å²) in [6.07, 6.45) is 3.77. The summed E-state index contributed by atoms with van der Waals surface area (Å²) in [5.41, 5.74) is 10.5. The maximum absolute atomic E-state index is 5.70. The number of hydrogen-bond acceptors (Lipinski definition) is 8. The van der Waals surface area contributed by atoms with Crippen LogP contribution in [-0.2, 0) is 0 Å². The van der Waals surface area contributed by atoms with E-state index in [9.17, 15) is 0 Å². The Morgan fingerprint density at radius 1 is 1.12 bits per heavy atom. The van der Waals surface area contributed by atoms with Crippen molar-refractivity contribution >= 4 is 50.5 Å². The van der Waals surface area contributed by atoms with Gasteiger partial charge in [-0.25, -0.2) is 9.97 Å². The SMILES string of the molecule is C=C1CCCN1c1nc(NC(C)c2ccc(Nc3ccc(N)cn3)cc2)nc2ccsc12. The molecular weight excluding hydrogens is 418 g/mol. The van der Waals surface area contributed by atoms with Crippen LogP contribution in [0, 0.1) is 0 Å². The number of hydrogen-bond donors (Lipinski definition) is 3. The first-order valence-electron chi connectivity index (χ1n) is 10.6. The number of fused-ring (bicyclic) bond motifs is 1. The third kappa shape index (κ3) is 4.09. The van der Waals surface area contributed by atoms with Crippen LogP contribution in [0.3, 0.4) is 0 Å². The lowest BCUT2D eigenvalue weighted by Gasteiger charge is -2.21. The maximum atomic E-state index is 5.70. The Labute approximate surface area is 191 Å². The number of nitrogen functional groups attached to an aromatic ring is 1. The van der Waals surface area contributed by atoms with Gasteiger partial charge in [-0.05, 0) is 61.0 Å². The molecule has 0 amide bonds. The second-order valence-corrected chi connectivity index (χ2v) is 8.83. The lowest BCUT2D eigenvalue weighted by Crippen LogP contribution is -2.18. The normalized spacial score (nSPS) is 14.7. The fraction of sp³-hybridized carbons (Fsp3) is 0.208. The highest BCUT2D eigenvalue weighted by Gasteiger charge is 2.22. The van der Waals surface area contributed by atoms with Gasteiger partial charge in [0.15, 0.2) is 5.82 Å². The predicted octanol–water partition coefficient (Wildman–Crippen LogP) is 5.70. The van der Waals surface area contributed by atoms with Crippen molar-refractivity contribution in [2.75, 3.05) is 27.8 Å². The minimum Gasteiger partial charge on any atom is -0.397 e. The van der Waals surface area contributed by atoms with Crippen LogP contribution in [0.25, 0.3) is 10.2 Å². The summed E-state index contributed by atoms with van der Waals surface area (Å²) in [6.45, 7) is 7.28. The van der Waals surface area contributed by atoms with Crippen LogP contribution in [-0.4, -0.2) is 21.5 Å². The van der Waals surface area contributed by atoms with E-state index >= 15 is 0 Å². The lowest BCUT2D eigenvalue weighted by atomic mass is 10.1. The Morgan fingerprint density at radius 2 is 1.97 bits per heavy atom. The van der Waals surface area contributed by atoms with Gasteiger partial charge in [0.25, 0.3) is 0 Å². The van der Waals surface area contributed by atoms with E-state index in [1.807, 2.05) is 30.3 Å². The van der Waals surface area contributed by atoms with E-state index in [0.29, 0.717) is 11.6 Å². The number of nitrogens with zero attached hydrogens (tertiary/aromatic N) is 4. The number of nitrogens with two attached hydrogens (primary N) is 1. The number of benzene rings is 1. The van der Waals surface area contributed by atoms with E-state index in [-0.39, 0.29) is 6.04 Å². The average molecular weight is 444 g/mol. The van der Waals surface area contributed by atoms with Crippen molar-refractivity contribution in [2.45, 2.75) is 25.8 Å². The van der Waals surface area contributed by atoms with Crippen molar-refractivity contribution in [1.29, 1.82) is 0 Å². The van der Waals surface area contributed by atoms with Gasteiger partial charge in [-0.3, -0.25) is 0 Å². The van der Waals surface area contributed by atoms with Crippen LogP contribution in [0.2, 0.25) is 0 Å². The van der Waals surface area contributed by atoms with Crippen molar-refractivity contribution in [2.24, 2.45) is 0 Å². The predicted molar refractivity (Wildman–Crippen MR) is 134 cm³/mol. The number of allylic oxidation sites excluding steroid dienone is 1. The second kappa shape index (κ2) is 8.47. The van der Waals surface area contributed by atoms with Gasteiger partial charge in [0.2, 0.25) is 5.95 Å². The third-order valence-electron chi connectivity index (χ3n) is 5.59. The number of pyridine rings is 1. The molecule has 0 radical (unpaired) electrons. The minimum absolute atomic E-state index is 0.0458. The Balaban J connectivity index is 1.34. The van der Waals surface area contributed by atoms with Gasteiger partial charge >= 0.3 is 0 Å². The fourth-order valence-electron chi connectivity index (χ4n) is 3.84. The van der Waals surface area contributed by atoms with E-state index in [2.05, 4.69) is 51.5 Å². The molecule has 0 spiro atoms. The van der Waals surface area contributed by atoms with Crippen LogP contribution in [0.5, 0.6) is 0 Å². The van der Waals surface area contributed by atoms with Crippen LogP contribution < -0.4 is 21.3 Å². The highest BCUT2D eigenvalue weighted by atomic mass is 32.1. The minimum atomic E-state index is 0.0458. The average Bonchev–Trinajstić information content (AvgIpc) is 3.44. The standard InChI is InChI=1S/C24H25N7S/c1-15-4-3-12-31(15)23-22-20(11-13-32-22)29-24(30-23)27-16(2)17-5-8-19(9-6-17)28-21-10-7-18(25)14-26-21/h5-11,13-14,16H,1,3-4,12,25H2,2H3,(H,26,28)(H,27,29,30). The molecule has 1 saturated heterocycles. The number of aromatic nitrogens is 3. The van der Waals surface area contributed by atoms with Gasteiger partial charge in [0.1, 0.15) is 5.82 Å². The molecule has 4 N–H and O–H groups in total. The van der Waals surface area contributed by atoms with Crippen LogP contribution in [0.4, 0.5) is 29.0 Å². The second-order valence-electron chi connectivity index (χ2n) is 7.92. The molecule has 0 saturated carbocycles. The Bertz CT molecular complexity index is 1250. The molecule has 4 aromatic rings. The van der Waals surface area contributed by atoms with Gasteiger partial charge in [-0.1, -0.05) is 18.7 Å². The highest BCUT2D eigenvalue weighted by Crippen LogP contribution is 2.35. The summed E-state index contributed by atoms with van der Waals surface area (Å²) in [6, 6.07) is 14.0. The molecule has 0 bridgehead atoms. The van der Waals surface area contributed by atoms with Crippen LogP contribution in [0.1, 0.15) is 31.4 Å². The van der Waals surface area contributed by atoms with Crippen molar-refractivity contribution in [3.8, 4) is 0 Å². The van der Waals surface area contributed by atoms with Gasteiger partial charge in [-0.15, -0.1) is 11.3 Å². The van der Waals surface area contributed by atoms with Gasteiger partial charge < -0.3 is 21.3 Å². The molecule has 162 valence electrons. The molecule has 1 aliphatic heterocycles. The lowest BCUT2D eigenvalue weighted by molar-refractivity contribution is 0.860. The Kier molecular flexibility index (Phi) is 5.36. The first-order valence-corrected chi connectivity index (χ1v) is 11.5. The fourth-order valence-corrected chi connectivity index (χ4v) is 4.67. The molecule has 7 nitrogen and oxygen atoms in total. The van der Waals surface area contributed by atoms with Gasteiger partial charge in [0.05, 0.1) is 28.1 Å². The molecule has 4 heterocycles. The van der Waals surface area contributed by atoms with E-state index in [1.165, 1.54) is 0 Å². The van der Waals surface area contributed by atoms with E-state index in [4.69, 9.17) is 15.7 Å². The van der Waals surface area contributed by atoms with Crippen LogP contribution in [0.15, 0.2) is 66.3 Å². The first-order chi connectivity index (χ1) is 15.6. The van der Waals surface area contributed by atoms with Gasteiger partial charge in [0, 0.05) is 17.9 Å². The Hall–Kier alpha value is -3.65. The van der Waals surface area contributed by atoms with Crippen molar-refractivity contribution in [3.63, 3.8) is 0 Å². The van der Waals surface area contributed by atoms with Crippen LogP contribution >= 0.6 is 11.3 Å². The number of nitrogens with one attached hydrogen (secondary N) is 2. The van der Waals surface area contributed by atoms with Crippen molar-refractivity contribution < 1.29 is 0 Å². The van der Waals surface area contributed by atoms with E-state index in [0.717, 1.165) is 58.2 Å². The number of anilines is 5. The first kappa shape index (κ1) is 20.3. The summed E-state index contributed by atoms with van der Waals surface area (Å²) >= 11 is 1.68. The number of rotatable bonds is 6. The molecule has 3 aromatic heterocycles. The molecule has 1 aromatic carbocycles. The summed E-state index contributed by atoms with van der Waals surface area (Å²) < 4.78 is 1.11. The van der Waals surface area contributed by atoms with E-state index < -0.39 is 0 Å². The smallest absolute Gasteiger partial charge is 0.225 e. The molecule has 0 aliphatic carbocycles. The zero-order valence-corrected chi connectivity index (χ0v) is 18.7. The quantitative estimate of drug-likeness (QED) is 0.352. The molecule has 1 atom stereocenters. The summed E-state index contributed by atoms with van der Waals surface area (Å²) in [5, 5.41) is 8.82. The molecule has 1 aliphatic rings. The molecule has 32 heavy (non-hydrogen) atoms.